The minimum absolute atomic E-state index is 0.0135. The molecule has 0 saturated carbocycles. The molecule has 1 heterocycles. The highest BCUT2D eigenvalue weighted by atomic mass is 16.6. The van der Waals surface area contributed by atoms with Crippen LogP contribution in [0, 0.1) is 10.1 Å². The van der Waals surface area contributed by atoms with E-state index in [1.807, 2.05) is 6.07 Å². The largest absolute Gasteiger partial charge is 0.450 e. The maximum absolute atomic E-state index is 11.6. The molecule has 27 heavy (non-hydrogen) atoms. The van der Waals surface area contributed by atoms with Crippen LogP contribution in [0.1, 0.15) is 25.5 Å². The van der Waals surface area contributed by atoms with Crippen LogP contribution in [0.2, 0.25) is 0 Å². The minimum atomic E-state index is -0.949. The summed E-state index contributed by atoms with van der Waals surface area (Å²) < 4.78 is 4.76. The number of nitrogens with two attached hydrogens (primary N) is 1. The molecule has 0 aliphatic carbocycles. The molecule has 0 saturated heterocycles. The fourth-order valence-corrected chi connectivity index (χ4v) is 2.42. The second-order valence-electron chi connectivity index (χ2n) is 5.69. The zero-order valence-electron chi connectivity index (χ0n) is 14.9. The number of nitrogens with zero attached hydrogens (tertiary/aromatic N) is 2. The summed E-state index contributed by atoms with van der Waals surface area (Å²) in [6.07, 6.45) is -1.71. The maximum Gasteiger partial charge on any atom is 0.412 e. The zero-order chi connectivity index (χ0) is 20.0. The van der Waals surface area contributed by atoms with Gasteiger partial charge in [0.2, 0.25) is 5.82 Å². The number of benzene rings is 1. The van der Waals surface area contributed by atoms with Gasteiger partial charge in [-0.05, 0) is 19.4 Å². The maximum atomic E-state index is 11.6. The lowest BCUT2D eigenvalue weighted by molar-refractivity contribution is -0.383. The molecule has 2 aromatic rings. The van der Waals surface area contributed by atoms with Gasteiger partial charge in [0.05, 0.1) is 23.7 Å². The average molecular weight is 375 g/mol. The summed E-state index contributed by atoms with van der Waals surface area (Å²) in [6.45, 7) is 3.43. The Bertz CT molecular complexity index is 815. The first-order valence-corrected chi connectivity index (χ1v) is 8.21. The lowest BCUT2D eigenvalue weighted by atomic mass is 10.0. The molecule has 0 aliphatic heterocycles. The number of anilines is 3. The lowest BCUT2D eigenvalue weighted by Gasteiger charge is -2.21. The van der Waals surface area contributed by atoms with E-state index in [-0.39, 0.29) is 23.9 Å². The third kappa shape index (κ3) is 5.05. The second kappa shape index (κ2) is 8.81. The highest BCUT2D eigenvalue weighted by Gasteiger charge is 2.26. The van der Waals surface area contributed by atoms with Gasteiger partial charge >= 0.3 is 11.8 Å². The quantitative estimate of drug-likeness (QED) is 0.425. The number of nitrogen functional groups attached to an aromatic ring is 1. The number of aromatic nitrogens is 1. The number of aliphatic hydroxyl groups is 1. The fraction of sp³-hybridized carbons (Fsp3) is 0.294. The summed E-state index contributed by atoms with van der Waals surface area (Å²) >= 11 is 0. The summed E-state index contributed by atoms with van der Waals surface area (Å²) in [5.41, 5.74) is 5.76. The molecule has 0 radical (unpaired) electrons. The normalized spacial score (nSPS) is 12.7. The first kappa shape index (κ1) is 19.9. The SMILES string of the molecule is CCOC(=O)Nc1cc(N)c([N+](=O)[O-])c(N[C@@H](C)[C@H](O)c2ccccc2)n1. The third-order valence-electron chi connectivity index (χ3n) is 3.69. The molecule has 2 atom stereocenters. The van der Waals surface area contributed by atoms with Gasteiger partial charge in [0.25, 0.3) is 0 Å². The van der Waals surface area contributed by atoms with E-state index in [1.54, 1.807) is 38.1 Å². The topological polar surface area (TPSA) is 153 Å². The van der Waals surface area contributed by atoms with Crippen LogP contribution >= 0.6 is 0 Å². The molecule has 0 fully saturated rings. The monoisotopic (exact) mass is 375 g/mol. The van der Waals surface area contributed by atoms with E-state index in [0.717, 1.165) is 0 Å². The van der Waals surface area contributed by atoms with Gasteiger partial charge in [-0.15, -0.1) is 0 Å². The predicted molar refractivity (Wildman–Crippen MR) is 100 cm³/mol. The van der Waals surface area contributed by atoms with Crippen LogP contribution in [0.5, 0.6) is 0 Å². The molecule has 0 unspecified atom stereocenters. The zero-order valence-corrected chi connectivity index (χ0v) is 14.9. The van der Waals surface area contributed by atoms with Gasteiger partial charge in [-0.1, -0.05) is 30.3 Å². The predicted octanol–water partition coefficient (Wildman–Crippen LogP) is 2.67. The molecule has 2 rings (SSSR count). The molecule has 0 aliphatic rings. The van der Waals surface area contributed by atoms with Crippen LogP contribution in [0.3, 0.4) is 0 Å². The number of carbonyl (C=O) groups is 1. The third-order valence-corrected chi connectivity index (χ3v) is 3.69. The van der Waals surface area contributed by atoms with Crippen LogP contribution in [-0.4, -0.2) is 33.8 Å². The van der Waals surface area contributed by atoms with Gasteiger partial charge in [0, 0.05) is 6.07 Å². The van der Waals surface area contributed by atoms with E-state index in [2.05, 4.69) is 15.6 Å². The van der Waals surface area contributed by atoms with E-state index < -0.39 is 28.8 Å². The highest BCUT2D eigenvalue weighted by Crippen LogP contribution is 2.33. The van der Waals surface area contributed by atoms with E-state index in [0.29, 0.717) is 5.56 Å². The Morgan fingerprint density at radius 3 is 2.67 bits per heavy atom. The van der Waals surface area contributed by atoms with E-state index in [1.165, 1.54) is 6.07 Å². The standard InChI is InChI=1S/C17H21N5O5/c1-3-27-17(24)21-13-9-12(18)14(22(25)26)16(20-13)19-10(2)15(23)11-7-5-4-6-8-11/h4-10,15,23H,3H2,1-2H3,(H4,18,19,20,21,24)/t10-,15-/m0/s1. The van der Waals surface area contributed by atoms with Crippen LogP contribution in [0.15, 0.2) is 36.4 Å². The molecule has 0 bridgehead atoms. The molecule has 0 spiro atoms. The van der Waals surface area contributed by atoms with Crippen LogP contribution < -0.4 is 16.4 Å². The molecule has 5 N–H and O–H groups in total. The summed E-state index contributed by atoms with van der Waals surface area (Å²) in [5, 5.41) is 27.0. The van der Waals surface area contributed by atoms with Gasteiger partial charge in [-0.2, -0.15) is 0 Å². The van der Waals surface area contributed by atoms with Crippen molar-refractivity contribution >= 4 is 29.1 Å². The Balaban J connectivity index is 2.30. The van der Waals surface area contributed by atoms with Crippen molar-refractivity contribution in [3.63, 3.8) is 0 Å². The number of rotatable bonds is 7. The molecular formula is C17H21N5O5. The number of hydrogen-bond donors (Lipinski definition) is 4. The number of carbonyl (C=O) groups excluding carboxylic acids is 1. The van der Waals surface area contributed by atoms with E-state index >= 15 is 0 Å². The summed E-state index contributed by atoms with van der Waals surface area (Å²) in [5.74, 6) is -0.185. The van der Waals surface area contributed by atoms with Crippen LogP contribution in [0.4, 0.5) is 27.8 Å². The van der Waals surface area contributed by atoms with Gasteiger partial charge < -0.3 is 20.9 Å². The van der Waals surface area contributed by atoms with Gasteiger partial charge in [0.1, 0.15) is 11.5 Å². The highest BCUT2D eigenvalue weighted by molar-refractivity contribution is 5.86. The van der Waals surface area contributed by atoms with Crippen LogP contribution in [-0.2, 0) is 4.74 Å². The van der Waals surface area contributed by atoms with E-state index in [9.17, 15) is 20.0 Å². The Morgan fingerprint density at radius 2 is 2.07 bits per heavy atom. The average Bonchev–Trinajstić information content (AvgIpc) is 2.61. The number of hydrogen-bond acceptors (Lipinski definition) is 8. The van der Waals surface area contributed by atoms with Crippen molar-refractivity contribution in [2.24, 2.45) is 0 Å². The second-order valence-corrected chi connectivity index (χ2v) is 5.69. The van der Waals surface area contributed by atoms with Crippen molar-refractivity contribution in [2.45, 2.75) is 26.0 Å². The minimum Gasteiger partial charge on any atom is -0.450 e. The molecule has 10 nitrogen and oxygen atoms in total. The van der Waals surface area contributed by atoms with Crippen molar-refractivity contribution in [1.82, 2.24) is 4.98 Å². The molecule has 1 amide bonds. The molecule has 10 heteroatoms. The summed E-state index contributed by atoms with van der Waals surface area (Å²) in [7, 11) is 0. The number of pyridine rings is 1. The molecule has 144 valence electrons. The van der Waals surface area contributed by atoms with Crippen LogP contribution in [0.25, 0.3) is 0 Å². The molecule has 1 aromatic heterocycles. The molecular weight excluding hydrogens is 354 g/mol. The Labute approximate surface area is 155 Å². The molecule has 1 aromatic carbocycles. The van der Waals surface area contributed by atoms with Crippen molar-refractivity contribution in [2.75, 3.05) is 23.0 Å². The summed E-state index contributed by atoms with van der Waals surface area (Å²) in [6, 6.07) is 9.36. The van der Waals surface area contributed by atoms with Crippen molar-refractivity contribution < 1.29 is 19.6 Å². The Morgan fingerprint density at radius 1 is 1.41 bits per heavy atom. The Hall–Kier alpha value is -3.40. The van der Waals surface area contributed by atoms with Crippen molar-refractivity contribution in [3.8, 4) is 0 Å². The van der Waals surface area contributed by atoms with Gasteiger partial charge in [-0.25, -0.2) is 9.78 Å². The van der Waals surface area contributed by atoms with Gasteiger partial charge in [-0.3, -0.25) is 15.4 Å². The number of aliphatic hydroxyl groups excluding tert-OH is 1. The lowest BCUT2D eigenvalue weighted by Crippen LogP contribution is -2.25. The number of nitrogens with one attached hydrogen (secondary N) is 2. The number of nitro groups is 1. The van der Waals surface area contributed by atoms with Gasteiger partial charge in [0.15, 0.2) is 0 Å². The van der Waals surface area contributed by atoms with E-state index in [4.69, 9.17) is 10.5 Å². The fourth-order valence-electron chi connectivity index (χ4n) is 2.42. The Kier molecular flexibility index (Phi) is 6.50. The first-order valence-electron chi connectivity index (χ1n) is 8.21. The first-order chi connectivity index (χ1) is 12.8. The smallest absolute Gasteiger partial charge is 0.412 e. The number of amides is 1. The summed E-state index contributed by atoms with van der Waals surface area (Å²) in [4.78, 5) is 26.3. The number of ether oxygens (including phenoxy) is 1. The van der Waals surface area contributed by atoms with Crippen molar-refractivity contribution in [1.29, 1.82) is 0 Å². The van der Waals surface area contributed by atoms with Crippen molar-refractivity contribution in [3.05, 3.63) is 52.1 Å².